The van der Waals surface area contributed by atoms with Crippen molar-refractivity contribution in [1.29, 1.82) is 0 Å². The smallest absolute Gasteiger partial charge is 0.380 e. The van der Waals surface area contributed by atoms with Crippen molar-refractivity contribution in [2.75, 3.05) is 11.9 Å². The molecular weight excluding hydrogens is 283 g/mol. The van der Waals surface area contributed by atoms with Gasteiger partial charge in [0.25, 0.3) is 0 Å². The first-order valence-electron chi connectivity index (χ1n) is 4.55. The van der Waals surface area contributed by atoms with E-state index in [1.807, 2.05) is 0 Å². The maximum absolute atomic E-state index is 12.4. The third-order valence-electron chi connectivity index (χ3n) is 1.87. The van der Waals surface area contributed by atoms with E-state index in [2.05, 4.69) is 27.8 Å². The molecule has 0 radical (unpaired) electrons. The molecule has 16 heavy (non-hydrogen) atoms. The quantitative estimate of drug-likeness (QED) is 0.812. The summed E-state index contributed by atoms with van der Waals surface area (Å²) in [4.78, 5) is 0. The maximum Gasteiger partial charge on any atom is 0.416 e. The Morgan fingerprint density at radius 3 is 2.56 bits per heavy atom. The van der Waals surface area contributed by atoms with Gasteiger partial charge >= 0.3 is 6.18 Å². The van der Waals surface area contributed by atoms with Gasteiger partial charge in [-0.3, -0.25) is 0 Å². The highest BCUT2D eigenvalue weighted by molar-refractivity contribution is 9.10. The zero-order valence-electron chi connectivity index (χ0n) is 8.66. The average molecular weight is 294 g/mol. The summed E-state index contributed by atoms with van der Waals surface area (Å²) in [6.45, 7) is 5.92. The van der Waals surface area contributed by atoms with E-state index >= 15 is 0 Å². The van der Waals surface area contributed by atoms with E-state index in [9.17, 15) is 13.2 Å². The predicted molar refractivity (Wildman–Crippen MR) is 62.4 cm³/mol. The van der Waals surface area contributed by atoms with Gasteiger partial charge in [-0.05, 0) is 41.1 Å². The molecule has 0 saturated carbocycles. The van der Waals surface area contributed by atoms with Crippen molar-refractivity contribution in [2.24, 2.45) is 0 Å². The summed E-state index contributed by atoms with van der Waals surface area (Å²) in [7, 11) is 0. The lowest BCUT2D eigenvalue weighted by molar-refractivity contribution is -0.137. The summed E-state index contributed by atoms with van der Waals surface area (Å²) in [5, 5.41) is 2.88. The molecule has 88 valence electrons. The van der Waals surface area contributed by atoms with E-state index in [0.29, 0.717) is 16.7 Å². The van der Waals surface area contributed by atoms with Crippen LogP contribution in [0.5, 0.6) is 0 Å². The van der Waals surface area contributed by atoms with Crippen molar-refractivity contribution in [1.82, 2.24) is 0 Å². The van der Waals surface area contributed by atoms with Crippen LogP contribution < -0.4 is 5.32 Å². The van der Waals surface area contributed by atoms with E-state index in [1.54, 1.807) is 6.92 Å². The Morgan fingerprint density at radius 2 is 2.06 bits per heavy atom. The van der Waals surface area contributed by atoms with Gasteiger partial charge in [0.1, 0.15) is 0 Å². The molecule has 1 nitrogen and oxygen atoms in total. The van der Waals surface area contributed by atoms with E-state index in [-0.39, 0.29) is 0 Å². The molecule has 0 bridgehead atoms. The topological polar surface area (TPSA) is 12.0 Å². The molecule has 0 saturated heterocycles. The van der Waals surface area contributed by atoms with Gasteiger partial charge in [-0.2, -0.15) is 13.2 Å². The van der Waals surface area contributed by atoms with Crippen LogP contribution in [0.15, 0.2) is 34.8 Å². The highest BCUT2D eigenvalue weighted by Gasteiger charge is 2.30. The summed E-state index contributed by atoms with van der Waals surface area (Å²) in [5.74, 6) is 0. The van der Waals surface area contributed by atoms with Crippen LogP contribution in [0.2, 0.25) is 0 Å². The molecule has 0 aliphatic carbocycles. The van der Waals surface area contributed by atoms with E-state index in [0.717, 1.165) is 17.7 Å². The van der Waals surface area contributed by atoms with Crippen molar-refractivity contribution in [2.45, 2.75) is 13.1 Å². The first-order chi connectivity index (χ1) is 7.30. The van der Waals surface area contributed by atoms with Crippen LogP contribution in [-0.4, -0.2) is 6.54 Å². The van der Waals surface area contributed by atoms with Gasteiger partial charge < -0.3 is 5.32 Å². The summed E-state index contributed by atoms with van der Waals surface area (Å²) >= 11 is 3.19. The maximum atomic E-state index is 12.4. The summed E-state index contributed by atoms with van der Waals surface area (Å²) in [6, 6.07) is 3.49. The third-order valence-corrected chi connectivity index (χ3v) is 2.57. The number of nitrogens with one attached hydrogen (secondary N) is 1. The van der Waals surface area contributed by atoms with E-state index in [4.69, 9.17) is 0 Å². The van der Waals surface area contributed by atoms with Crippen LogP contribution in [0.3, 0.4) is 0 Å². The Labute approximate surface area is 100 Å². The van der Waals surface area contributed by atoms with Crippen LogP contribution in [-0.2, 0) is 6.18 Å². The van der Waals surface area contributed by atoms with Crippen LogP contribution in [0.1, 0.15) is 12.5 Å². The number of hydrogen-bond donors (Lipinski definition) is 1. The minimum Gasteiger partial charge on any atom is -0.380 e. The Bertz CT molecular complexity index is 399. The van der Waals surface area contributed by atoms with Crippen LogP contribution in [0.25, 0.3) is 0 Å². The van der Waals surface area contributed by atoms with E-state index < -0.39 is 11.7 Å². The molecule has 0 aliphatic heterocycles. The second kappa shape index (κ2) is 4.91. The molecule has 1 aromatic carbocycles. The largest absolute Gasteiger partial charge is 0.416 e. The van der Waals surface area contributed by atoms with Crippen molar-refractivity contribution >= 4 is 21.6 Å². The standard InChI is InChI=1S/C11H11BrF3N/c1-7(2)6-16-10-5-8(11(13,14)15)3-4-9(10)12/h3-5,16H,1,6H2,2H3. The second-order valence-corrected chi connectivity index (χ2v) is 4.36. The van der Waals surface area contributed by atoms with Crippen LogP contribution >= 0.6 is 15.9 Å². The second-order valence-electron chi connectivity index (χ2n) is 3.50. The molecule has 0 aliphatic rings. The third kappa shape index (κ3) is 3.56. The number of hydrogen-bond acceptors (Lipinski definition) is 1. The number of rotatable bonds is 3. The zero-order chi connectivity index (χ0) is 12.3. The minimum absolute atomic E-state index is 0.415. The van der Waals surface area contributed by atoms with Crippen molar-refractivity contribution in [3.63, 3.8) is 0 Å². The average Bonchev–Trinajstić information content (AvgIpc) is 2.14. The normalized spacial score (nSPS) is 11.3. The predicted octanol–water partition coefficient (Wildman–Crippen LogP) is 4.46. The van der Waals surface area contributed by atoms with Crippen molar-refractivity contribution < 1.29 is 13.2 Å². The fourth-order valence-corrected chi connectivity index (χ4v) is 1.47. The summed E-state index contributed by atoms with van der Waals surface area (Å²) in [5.41, 5.74) is 0.599. The molecule has 1 N–H and O–H groups in total. The molecular formula is C11H11BrF3N. The van der Waals surface area contributed by atoms with Crippen molar-refractivity contribution in [3.05, 3.63) is 40.4 Å². The number of alkyl halides is 3. The monoisotopic (exact) mass is 293 g/mol. The molecule has 0 aromatic heterocycles. The van der Waals surface area contributed by atoms with Gasteiger partial charge in [0, 0.05) is 16.7 Å². The minimum atomic E-state index is -4.32. The van der Waals surface area contributed by atoms with Crippen LogP contribution in [0, 0.1) is 0 Å². The van der Waals surface area contributed by atoms with Crippen molar-refractivity contribution in [3.8, 4) is 0 Å². The lowest BCUT2D eigenvalue weighted by Gasteiger charge is -2.12. The Hall–Kier alpha value is -0.970. The Morgan fingerprint density at radius 1 is 1.44 bits per heavy atom. The molecule has 5 heteroatoms. The van der Waals surface area contributed by atoms with Gasteiger partial charge in [0.15, 0.2) is 0 Å². The number of benzene rings is 1. The first kappa shape index (κ1) is 13.1. The first-order valence-corrected chi connectivity index (χ1v) is 5.35. The number of anilines is 1. The lowest BCUT2D eigenvalue weighted by atomic mass is 10.2. The molecule has 0 heterocycles. The van der Waals surface area contributed by atoms with Gasteiger partial charge in [-0.15, -0.1) is 0 Å². The van der Waals surface area contributed by atoms with Gasteiger partial charge in [-0.25, -0.2) is 0 Å². The van der Waals surface area contributed by atoms with Gasteiger partial charge in [-0.1, -0.05) is 12.2 Å². The highest BCUT2D eigenvalue weighted by Crippen LogP contribution is 2.33. The fourth-order valence-electron chi connectivity index (χ4n) is 1.08. The van der Waals surface area contributed by atoms with Gasteiger partial charge in [0.05, 0.1) is 5.56 Å². The molecule has 0 unspecified atom stereocenters. The summed E-state index contributed by atoms with van der Waals surface area (Å²) in [6.07, 6.45) is -4.32. The Balaban J connectivity index is 2.95. The SMILES string of the molecule is C=C(C)CNc1cc(C(F)(F)F)ccc1Br. The summed E-state index contributed by atoms with van der Waals surface area (Å²) < 4.78 is 37.9. The number of halogens is 4. The van der Waals surface area contributed by atoms with E-state index in [1.165, 1.54) is 6.07 Å². The highest BCUT2D eigenvalue weighted by atomic mass is 79.9. The molecule has 1 rings (SSSR count). The molecule has 0 amide bonds. The van der Waals surface area contributed by atoms with Crippen LogP contribution in [0.4, 0.5) is 18.9 Å². The Kier molecular flexibility index (Phi) is 4.02. The zero-order valence-corrected chi connectivity index (χ0v) is 10.2. The fraction of sp³-hybridized carbons (Fsp3) is 0.273. The van der Waals surface area contributed by atoms with Gasteiger partial charge in [0.2, 0.25) is 0 Å². The lowest BCUT2D eigenvalue weighted by Crippen LogP contribution is -2.08. The molecule has 1 aromatic rings. The molecule has 0 spiro atoms. The molecule has 0 fully saturated rings. The molecule has 0 atom stereocenters.